The first-order valence-electron chi connectivity index (χ1n) is 19.6. The number of unbranched alkanes of at least 4 members (excludes halogenated alkanes) is 26. The minimum absolute atomic E-state index is 0.0453. The van der Waals surface area contributed by atoms with Crippen molar-refractivity contribution in [1.82, 2.24) is 0 Å². The van der Waals surface area contributed by atoms with E-state index in [-0.39, 0.29) is 14.7 Å². The maximum Gasteiger partial charge on any atom is 0.181 e. The summed E-state index contributed by atoms with van der Waals surface area (Å²) in [6, 6.07) is 0. The summed E-state index contributed by atoms with van der Waals surface area (Å²) in [7, 11) is 6.59. The van der Waals surface area contributed by atoms with E-state index in [2.05, 4.69) is 35.0 Å². The van der Waals surface area contributed by atoms with Crippen molar-refractivity contribution in [2.45, 2.75) is 206 Å². The van der Waals surface area contributed by atoms with Gasteiger partial charge in [0.15, 0.2) is 5.52 Å². The Morgan fingerprint density at radius 1 is 0.488 bits per heavy atom. The quantitative estimate of drug-likeness (QED) is 0.0393. The second-order valence-electron chi connectivity index (χ2n) is 14.8. The lowest BCUT2D eigenvalue weighted by Gasteiger charge is -2.23. The van der Waals surface area contributed by atoms with Crippen LogP contribution in [0, 0.1) is 5.92 Å². The summed E-state index contributed by atoms with van der Waals surface area (Å²) in [5.74, 6) is 0.234. The molecule has 0 aliphatic heterocycles. The fourth-order valence-electron chi connectivity index (χ4n) is 6.10. The van der Waals surface area contributed by atoms with Crippen molar-refractivity contribution < 1.29 is 13.8 Å². The first kappa shape index (κ1) is 43.0. The summed E-state index contributed by atoms with van der Waals surface area (Å²) >= 11 is 0. The molecule has 3 nitrogen and oxygen atoms in total. The molecule has 0 radical (unpaired) electrons. The first-order valence-corrected chi connectivity index (χ1v) is 20.5. The predicted octanol–water partition coefficient (Wildman–Crippen LogP) is 13.2. The number of carbonyl (C=O) groups is 1. The van der Waals surface area contributed by atoms with E-state index in [1.54, 1.807) is 0 Å². The van der Waals surface area contributed by atoms with Crippen molar-refractivity contribution in [3.8, 4) is 0 Å². The van der Waals surface area contributed by atoms with Gasteiger partial charge in [-0.25, -0.2) is 0 Å². The zero-order chi connectivity index (χ0) is 31.7. The van der Waals surface area contributed by atoms with E-state index in [1.165, 1.54) is 180 Å². The molecular weight excluding hydrogens is 545 g/mol. The fourth-order valence-corrected chi connectivity index (χ4v) is 6.89. The lowest BCUT2D eigenvalue weighted by molar-refractivity contribution is -0.870. The molecule has 0 aromatic heterocycles. The van der Waals surface area contributed by atoms with Gasteiger partial charge in [-0.2, -0.15) is 0 Å². The zero-order valence-electron chi connectivity index (χ0n) is 30.5. The lowest BCUT2D eigenvalue weighted by atomic mass is 9.95. The summed E-state index contributed by atoms with van der Waals surface area (Å²) in [6.07, 6.45) is 41.1. The fraction of sp³-hybridized carbons (Fsp3) is 0.974. The third kappa shape index (κ3) is 34.7. The number of quaternary nitrogens is 1. The molecule has 0 N–H and O–H groups in total. The molecule has 2 unspecified atom stereocenters. The second-order valence-corrected chi connectivity index (χ2v) is 15.8. The molecule has 0 bridgehead atoms. The average molecular weight is 627 g/mol. The molecule has 0 heterocycles. The number of hydrogen-bond acceptors (Lipinski definition) is 2. The Hall–Kier alpha value is 0.0200. The second kappa shape index (κ2) is 33.4. The summed E-state index contributed by atoms with van der Waals surface area (Å²) < 4.78 is 6.75. The molecule has 0 saturated heterocycles. The Kier molecular flexibility index (Phi) is 33.4. The molecule has 4 heteroatoms. The van der Waals surface area contributed by atoms with E-state index < -0.39 is 0 Å². The van der Waals surface area contributed by atoms with Crippen LogP contribution in [0.3, 0.4) is 0 Å². The van der Waals surface area contributed by atoms with Crippen LogP contribution in [0.4, 0.5) is 0 Å². The van der Waals surface area contributed by atoms with Gasteiger partial charge in [-0.15, -0.1) is 0 Å². The maximum absolute atomic E-state index is 13.1. The molecule has 0 aliphatic carbocycles. The van der Waals surface area contributed by atoms with Gasteiger partial charge in [-0.3, -0.25) is 4.79 Å². The SMILES string of the molecule is CCCCCCCCCCCCCCCCCCC(CCCCCCCCCCCCCC)C(=O)POCC[N+](C)(C)C. The van der Waals surface area contributed by atoms with E-state index in [4.69, 9.17) is 4.52 Å². The van der Waals surface area contributed by atoms with Gasteiger partial charge in [-0.1, -0.05) is 194 Å². The standard InChI is InChI=1S/C39H81NO2P/c1-6-8-10-12-14-16-18-20-21-22-23-25-27-29-31-33-35-38(39(41)43-42-37-36-40(3,4)5)34-32-30-28-26-24-19-17-15-13-11-9-7-2/h38,43H,6-37H2,1-5H3/q+1. The topological polar surface area (TPSA) is 26.3 Å². The number of nitrogens with zero attached hydrogens (tertiary/aromatic N) is 1. The van der Waals surface area contributed by atoms with Gasteiger partial charge in [0, 0.05) is 5.92 Å². The van der Waals surface area contributed by atoms with Crippen LogP contribution in [0.2, 0.25) is 0 Å². The van der Waals surface area contributed by atoms with Crippen LogP contribution in [-0.2, 0) is 9.32 Å². The van der Waals surface area contributed by atoms with Gasteiger partial charge in [-0.05, 0) is 12.8 Å². The highest BCUT2D eigenvalue weighted by atomic mass is 31.1. The van der Waals surface area contributed by atoms with E-state index in [1.807, 2.05) is 0 Å². The molecule has 0 spiro atoms. The summed E-state index contributed by atoms with van der Waals surface area (Å²) in [6.45, 7) is 6.24. The van der Waals surface area contributed by atoms with E-state index >= 15 is 0 Å². The van der Waals surface area contributed by atoms with Crippen LogP contribution >= 0.6 is 8.81 Å². The van der Waals surface area contributed by atoms with Crippen molar-refractivity contribution in [1.29, 1.82) is 0 Å². The lowest BCUT2D eigenvalue weighted by Crippen LogP contribution is -2.37. The van der Waals surface area contributed by atoms with Crippen molar-refractivity contribution >= 4 is 14.3 Å². The molecule has 0 saturated carbocycles. The smallest absolute Gasteiger partial charge is 0.181 e. The van der Waals surface area contributed by atoms with Crippen molar-refractivity contribution in [3.05, 3.63) is 0 Å². The van der Waals surface area contributed by atoms with Crippen LogP contribution < -0.4 is 0 Å². The largest absolute Gasteiger partial charge is 0.349 e. The van der Waals surface area contributed by atoms with Gasteiger partial charge >= 0.3 is 0 Å². The van der Waals surface area contributed by atoms with Crippen LogP contribution in [-0.4, -0.2) is 44.3 Å². The highest BCUT2D eigenvalue weighted by molar-refractivity contribution is 7.53. The molecular formula is C39H81NO2P+. The van der Waals surface area contributed by atoms with E-state index in [0.29, 0.717) is 12.1 Å². The monoisotopic (exact) mass is 627 g/mol. The first-order chi connectivity index (χ1) is 20.9. The molecule has 0 amide bonds. The molecule has 0 aliphatic rings. The summed E-state index contributed by atoms with van der Waals surface area (Å²) in [5.41, 5.74) is 0.394. The third-order valence-electron chi connectivity index (χ3n) is 9.22. The molecule has 0 rings (SSSR count). The maximum atomic E-state index is 13.1. The van der Waals surface area contributed by atoms with Gasteiger partial charge in [0.2, 0.25) is 0 Å². The Morgan fingerprint density at radius 3 is 1.05 bits per heavy atom. The number of likely N-dealkylation sites (N-methyl/N-ethyl adjacent to an activating group) is 1. The average Bonchev–Trinajstić information content (AvgIpc) is 2.98. The molecule has 0 aromatic rings. The predicted molar refractivity (Wildman–Crippen MR) is 196 cm³/mol. The molecule has 258 valence electrons. The van der Waals surface area contributed by atoms with Crippen molar-refractivity contribution in [3.63, 3.8) is 0 Å². The van der Waals surface area contributed by atoms with Crippen molar-refractivity contribution in [2.75, 3.05) is 34.3 Å². The third-order valence-corrected chi connectivity index (χ3v) is 10.2. The number of carbonyl (C=O) groups excluding carboxylic acids is 1. The van der Waals surface area contributed by atoms with Gasteiger partial charge in [0.05, 0.1) is 30.0 Å². The highest BCUT2D eigenvalue weighted by Gasteiger charge is 2.19. The van der Waals surface area contributed by atoms with Crippen molar-refractivity contribution in [2.24, 2.45) is 5.92 Å². The van der Waals surface area contributed by atoms with Crippen LogP contribution in [0.1, 0.15) is 206 Å². The molecule has 0 aromatic carbocycles. The van der Waals surface area contributed by atoms with E-state index in [0.717, 1.165) is 23.9 Å². The summed E-state index contributed by atoms with van der Waals surface area (Å²) in [4.78, 5) is 13.1. The number of hydrogen-bond donors (Lipinski definition) is 0. The van der Waals surface area contributed by atoms with Crippen LogP contribution in [0.5, 0.6) is 0 Å². The van der Waals surface area contributed by atoms with Gasteiger partial charge < -0.3 is 9.01 Å². The normalized spacial score (nSPS) is 13.0. The van der Waals surface area contributed by atoms with E-state index in [9.17, 15) is 4.79 Å². The highest BCUT2D eigenvalue weighted by Crippen LogP contribution is 2.28. The number of rotatable bonds is 36. The molecule has 2 atom stereocenters. The molecule has 0 fully saturated rings. The van der Waals surface area contributed by atoms with Gasteiger partial charge in [0.1, 0.15) is 13.2 Å². The Balaban J connectivity index is 3.96. The van der Waals surface area contributed by atoms with Gasteiger partial charge in [0.25, 0.3) is 0 Å². The minimum Gasteiger partial charge on any atom is -0.349 e. The Labute approximate surface area is 274 Å². The Bertz CT molecular complexity index is 562. The minimum atomic E-state index is 0.0453. The summed E-state index contributed by atoms with van der Waals surface area (Å²) in [5, 5.41) is 0. The zero-order valence-corrected chi connectivity index (χ0v) is 31.5. The van der Waals surface area contributed by atoms with Crippen LogP contribution in [0.25, 0.3) is 0 Å². The Morgan fingerprint density at radius 2 is 0.767 bits per heavy atom. The molecule has 43 heavy (non-hydrogen) atoms. The van der Waals surface area contributed by atoms with Crippen LogP contribution in [0.15, 0.2) is 0 Å².